The molecule has 0 aromatic heterocycles. The zero-order valence-electron chi connectivity index (χ0n) is 11.1. The van der Waals surface area contributed by atoms with E-state index in [0.717, 1.165) is 0 Å². The van der Waals surface area contributed by atoms with Crippen molar-refractivity contribution < 1.29 is 14.1 Å². The lowest BCUT2D eigenvalue weighted by atomic mass is 10.2. The van der Waals surface area contributed by atoms with Crippen molar-refractivity contribution >= 4 is 21.6 Å². The average molecular weight is 355 g/mol. The maximum atomic E-state index is 13.8. The van der Waals surface area contributed by atoms with Gasteiger partial charge in [0.25, 0.3) is 0 Å². The number of nitrogens with one attached hydrogen (secondary N) is 1. The van der Waals surface area contributed by atoms with E-state index in [0.29, 0.717) is 10.0 Å². The molecule has 0 bridgehead atoms. The van der Waals surface area contributed by atoms with Crippen molar-refractivity contribution in [2.75, 3.05) is 7.05 Å². The predicted octanol–water partition coefficient (Wildman–Crippen LogP) is 4.01. The molecule has 0 atom stereocenters. The standard InChI is InChI=1S/C14H12BrFN2O3/c1-17-8-9-11(16)5-3-7-13(9)21-14-10(15)4-2-6-12(14)18(19)20/h2-7,17H,8H2,1H3. The lowest BCUT2D eigenvalue weighted by Gasteiger charge is -2.13. The molecule has 110 valence electrons. The van der Waals surface area contributed by atoms with Crippen LogP contribution < -0.4 is 10.1 Å². The van der Waals surface area contributed by atoms with Crippen molar-refractivity contribution in [2.24, 2.45) is 0 Å². The number of hydrogen-bond donors (Lipinski definition) is 1. The first kappa shape index (κ1) is 15.4. The van der Waals surface area contributed by atoms with Crippen molar-refractivity contribution in [1.82, 2.24) is 5.32 Å². The Morgan fingerprint density at radius 2 is 2.05 bits per heavy atom. The SMILES string of the molecule is CNCc1c(F)cccc1Oc1c(Br)cccc1[N+](=O)[O-]. The summed E-state index contributed by atoms with van der Waals surface area (Å²) in [6.45, 7) is 0.250. The smallest absolute Gasteiger partial charge is 0.312 e. The molecule has 0 radical (unpaired) electrons. The number of rotatable bonds is 5. The van der Waals surface area contributed by atoms with E-state index in [1.165, 1.54) is 24.3 Å². The second-order valence-corrected chi connectivity index (χ2v) is 5.05. The Balaban J connectivity index is 2.48. The molecular weight excluding hydrogens is 343 g/mol. The van der Waals surface area contributed by atoms with Crippen molar-refractivity contribution in [3.05, 3.63) is 62.4 Å². The number of benzene rings is 2. The summed E-state index contributed by atoms with van der Waals surface area (Å²) in [5, 5.41) is 13.9. The van der Waals surface area contributed by atoms with Crippen LogP contribution in [-0.4, -0.2) is 12.0 Å². The summed E-state index contributed by atoms with van der Waals surface area (Å²) < 4.78 is 19.9. The van der Waals surface area contributed by atoms with Gasteiger partial charge in [0.2, 0.25) is 5.75 Å². The van der Waals surface area contributed by atoms with E-state index in [1.807, 2.05) is 0 Å². The molecule has 0 saturated heterocycles. The molecule has 0 aliphatic rings. The highest BCUT2D eigenvalue weighted by Crippen LogP contribution is 2.39. The van der Waals surface area contributed by atoms with Crippen LogP contribution in [0, 0.1) is 15.9 Å². The van der Waals surface area contributed by atoms with Gasteiger partial charge < -0.3 is 10.1 Å². The number of nitro benzene ring substituents is 1. The van der Waals surface area contributed by atoms with E-state index >= 15 is 0 Å². The third-order valence-electron chi connectivity index (χ3n) is 2.78. The molecule has 0 aliphatic heterocycles. The molecular formula is C14H12BrFN2O3. The molecule has 1 N–H and O–H groups in total. The Labute approximate surface area is 129 Å². The largest absolute Gasteiger partial charge is 0.448 e. The van der Waals surface area contributed by atoms with Crippen molar-refractivity contribution in [2.45, 2.75) is 6.54 Å². The maximum absolute atomic E-state index is 13.8. The van der Waals surface area contributed by atoms with Crippen LogP contribution in [0.4, 0.5) is 10.1 Å². The molecule has 5 nitrogen and oxygen atoms in total. The fourth-order valence-corrected chi connectivity index (χ4v) is 2.27. The summed E-state index contributed by atoms with van der Waals surface area (Å²) in [5.41, 5.74) is 0.120. The van der Waals surface area contributed by atoms with E-state index < -0.39 is 10.7 Å². The van der Waals surface area contributed by atoms with Gasteiger partial charge in [0.1, 0.15) is 11.6 Å². The van der Waals surface area contributed by atoms with E-state index in [1.54, 1.807) is 19.2 Å². The summed E-state index contributed by atoms with van der Waals surface area (Å²) in [7, 11) is 1.68. The Morgan fingerprint density at radius 1 is 1.33 bits per heavy atom. The molecule has 2 aromatic rings. The minimum Gasteiger partial charge on any atom is -0.448 e. The number of ether oxygens (including phenoxy) is 1. The molecule has 0 saturated carbocycles. The maximum Gasteiger partial charge on any atom is 0.312 e. The van der Waals surface area contributed by atoms with Crippen LogP contribution in [0.3, 0.4) is 0 Å². The van der Waals surface area contributed by atoms with Gasteiger partial charge in [0.15, 0.2) is 0 Å². The van der Waals surface area contributed by atoms with Crippen LogP contribution >= 0.6 is 15.9 Å². The van der Waals surface area contributed by atoms with Crippen molar-refractivity contribution in [1.29, 1.82) is 0 Å². The van der Waals surface area contributed by atoms with Gasteiger partial charge in [-0.1, -0.05) is 12.1 Å². The summed E-state index contributed by atoms with van der Waals surface area (Å²) in [4.78, 5) is 10.5. The van der Waals surface area contributed by atoms with Gasteiger partial charge in [-0.3, -0.25) is 10.1 Å². The summed E-state index contributed by atoms with van der Waals surface area (Å²) >= 11 is 3.22. The number of halogens is 2. The molecule has 21 heavy (non-hydrogen) atoms. The monoisotopic (exact) mass is 354 g/mol. The van der Waals surface area contributed by atoms with Crippen LogP contribution in [0.1, 0.15) is 5.56 Å². The van der Waals surface area contributed by atoms with Gasteiger partial charge in [0.05, 0.1) is 9.40 Å². The second-order valence-electron chi connectivity index (χ2n) is 4.19. The Bertz CT molecular complexity index is 679. The van der Waals surface area contributed by atoms with Gasteiger partial charge >= 0.3 is 5.69 Å². The van der Waals surface area contributed by atoms with Crippen LogP contribution in [0.15, 0.2) is 40.9 Å². The molecule has 0 spiro atoms. The molecule has 0 amide bonds. The van der Waals surface area contributed by atoms with Gasteiger partial charge in [-0.05, 0) is 41.2 Å². The van der Waals surface area contributed by atoms with Crippen LogP contribution in [0.2, 0.25) is 0 Å². The van der Waals surface area contributed by atoms with Crippen molar-refractivity contribution in [3.8, 4) is 11.5 Å². The lowest BCUT2D eigenvalue weighted by Crippen LogP contribution is -2.08. The predicted molar refractivity (Wildman–Crippen MR) is 80.0 cm³/mol. The molecule has 0 aliphatic carbocycles. The van der Waals surface area contributed by atoms with Gasteiger partial charge in [-0.15, -0.1) is 0 Å². The van der Waals surface area contributed by atoms with Crippen LogP contribution in [0.5, 0.6) is 11.5 Å². The fourth-order valence-electron chi connectivity index (χ4n) is 1.84. The second kappa shape index (κ2) is 6.64. The topological polar surface area (TPSA) is 64.4 Å². The number of hydrogen-bond acceptors (Lipinski definition) is 4. The summed E-state index contributed by atoms with van der Waals surface area (Å²) in [6, 6.07) is 8.87. The zero-order chi connectivity index (χ0) is 15.4. The fraction of sp³-hybridized carbons (Fsp3) is 0.143. The van der Waals surface area contributed by atoms with Crippen LogP contribution in [0.25, 0.3) is 0 Å². The first-order valence-corrected chi connectivity index (χ1v) is 6.86. The highest BCUT2D eigenvalue weighted by molar-refractivity contribution is 9.10. The minimum absolute atomic E-state index is 0.0467. The third-order valence-corrected chi connectivity index (χ3v) is 3.41. The molecule has 0 heterocycles. The molecule has 7 heteroatoms. The highest BCUT2D eigenvalue weighted by Gasteiger charge is 2.20. The van der Waals surface area contributed by atoms with Gasteiger partial charge in [-0.25, -0.2) is 4.39 Å². The Morgan fingerprint density at radius 3 is 2.71 bits per heavy atom. The van der Waals surface area contributed by atoms with Crippen molar-refractivity contribution in [3.63, 3.8) is 0 Å². The first-order chi connectivity index (χ1) is 10.0. The minimum atomic E-state index is -0.545. The zero-order valence-corrected chi connectivity index (χ0v) is 12.7. The van der Waals surface area contributed by atoms with E-state index in [-0.39, 0.29) is 23.7 Å². The summed E-state index contributed by atoms with van der Waals surface area (Å²) in [5.74, 6) is -0.152. The molecule has 2 rings (SSSR count). The Hall–Kier alpha value is -1.99. The first-order valence-electron chi connectivity index (χ1n) is 6.07. The summed E-state index contributed by atoms with van der Waals surface area (Å²) in [6.07, 6.45) is 0. The normalized spacial score (nSPS) is 10.4. The number of nitro groups is 1. The number of nitrogens with zero attached hydrogens (tertiary/aromatic N) is 1. The quantitative estimate of drug-likeness (QED) is 0.650. The van der Waals surface area contributed by atoms with E-state index in [9.17, 15) is 14.5 Å². The average Bonchev–Trinajstić information content (AvgIpc) is 2.44. The van der Waals surface area contributed by atoms with Crippen LogP contribution in [-0.2, 0) is 6.54 Å². The third kappa shape index (κ3) is 3.37. The lowest BCUT2D eigenvalue weighted by molar-refractivity contribution is -0.385. The molecule has 2 aromatic carbocycles. The Kier molecular flexibility index (Phi) is 4.87. The molecule has 0 unspecified atom stereocenters. The van der Waals surface area contributed by atoms with Gasteiger partial charge in [-0.2, -0.15) is 0 Å². The number of para-hydroxylation sites is 1. The highest BCUT2D eigenvalue weighted by atomic mass is 79.9. The van der Waals surface area contributed by atoms with E-state index in [4.69, 9.17) is 4.74 Å². The van der Waals surface area contributed by atoms with Gasteiger partial charge in [0, 0.05) is 18.2 Å². The molecule has 0 fully saturated rings. The van der Waals surface area contributed by atoms with E-state index in [2.05, 4.69) is 21.2 Å².